The van der Waals surface area contributed by atoms with Crippen LogP contribution in [-0.2, 0) is 6.61 Å². The van der Waals surface area contributed by atoms with E-state index in [-0.39, 0.29) is 31.2 Å². The molecule has 0 aliphatic carbocycles. The molecule has 1 aliphatic heterocycles. The molecular formula is C20H17FN2O4S. The number of hydrogen-bond acceptors (Lipinski definition) is 6. The van der Waals surface area contributed by atoms with Gasteiger partial charge in [-0.3, -0.25) is 4.79 Å². The molecule has 1 aromatic heterocycles. The number of thiazole rings is 1. The number of nitrogens with zero attached hydrogens (tertiary/aromatic N) is 1. The number of aromatic nitrogens is 1. The fourth-order valence-electron chi connectivity index (χ4n) is 2.69. The third-order valence-electron chi connectivity index (χ3n) is 4.20. The van der Waals surface area contributed by atoms with E-state index in [9.17, 15) is 9.18 Å². The van der Waals surface area contributed by atoms with Crippen LogP contribution in [0.3, 0.4) is 0 Å². The number of carbonyl (C=O) groups excluding carboxylic acids is 1. The molecule has 8 heteroatoms. The molecule has 0 saturated heterocycles. The standard InChI is InChI=1S/C20H17FN2O4S/c1-12(13-2-7-17-18(8-13)27-11-26-17)22-20(24)16-10-28-19(23-16)9-25-15-5-3-14(21)4-6-15/h2-8,10,12H,9,11H2,1H3,(H,22,24)/t12-/m0/s1. The van der Waals surface area contributed by atoms with Gasteiger partial charge in [-0.25, -0.2) is 9.37 Å². The van der Waals surface area contributed by atoms with Crippen LogP contribution >= 0.6 is 11.3 Å². The lowest BCUT2D eigenvalue weighted by molar-refractivity contribution is 0.0935. The van der Waals surface area contributed by atoms with Gasteiger partial charge in [0.25, 0.3) is 5.91 Å². The first-order valence-corrected chi connectivity index (χ1v) is 9.49. The largest absolute Gasteiger partial charge is 0.486 e. The third-order valence-corrected chi connectivity index (χ3v) is 5.03. The highest BCUT2D eigenvalue weighted by Crippen LogP contribution is 2.34. The number of carbonyl (C=O) groups is 1. The Labute approximate surface area is 164 Å². The van der Waals surface area contributed by atoms with E-state index in [4.69, 9.17) is 14.2 Å². The quantitative estimate of drug-likeness (QED) is 0.675. The molecule has 0 unspecified atom stereocenters. The average molecular weight is 400 g/mol. The van der Waals surface area contributed by atoms with E-state index in [0.717, 1.165) is 5.56 Å². The van der Waals surface area contributed by atoms with Crippen molar-refractivity contribution in [1.29, 1.82) is 0 Å². The molecule has 144 valence electrons. The molecule has 1 aliphatic rings. The van der Waals surface area contributed by atoms with Crippen LogP contribution in [0.1, 0.15) is 34.0 Å². The maximum absolute atomic E-state index is 12.9. The summed E-state index contributed by atoms with van der Waals surface area (Å²) in [7, 11) is 0. The highest BCUT2D eigenvalue weighted by molar-refractivity contribution is 7.09. The molecule has 1 atom stereocenters. The number of hydrogen-bond donors (Lipinski definition) is 1. The van der Waals surface area contributed by atoms with Crippen LogP contribution in [0, 0.1) is 5.82 Å². The Bertz CT molecular complexity index is 990. The van der Waals surface area contributed by atoms with Gasteiger partial charge in [-0.05, 0) is 48.9 Å². The van der Waals surface area contributed by atoms with Crippen molar-refractivity contribution in [3.8, 4) is 17.2 Å². The Hall–Kier alpha value is -3.13. The van der Waals surface area contributed by atoms with Gasteiger partial charge in [0.1, 0.15) is 28.9 Å². The molecule has 4 rings (SSSR count). The zero-order valence-corrected chi connectivity index (χ0v) is 15.8. The van der Waals surface area contributed by atoms with E-state index in [1.807, 2.05) is 25.1 Å². The second kappa shape index (κ2) is 7.85. The van der Waals surface area contributed by atoms with Crippen molar-refractivity contribution < 1.29 is 23.4 Å². The van der Waals surface area contributed by atoms with Crippen molar-refractivity contribution in [2.24, 2.45) is 0 Å². The predicted molar refractivity (Wildman–Crippen MR) is 101 cm³/mol. The lowest BCUT2D eigenvalue weighted by Gasteiger charge is -2.14. The number of amides is 1. The van der Waals surface area contributed by atoms with Crippen molar-refractivity contribution in [2.75, 3.05) is 6.79 Å². The van der Waals surface area contributed by atoms with E-state index in [0.29, 0.717) is 28.0 Å². The normalized spacial score (nSPS) is 13.2. The molecule has 0 saturated carbocycles. The minimum atomic E-state index is -0.322. The molecule has 0 fully saturated rings. The van der Waals surface area contributed by atoms with Crippen LogP contribution in [-0.4, -0.2) is 17.7 Å². The predicted octanol–water partition coefficient (Wildman–Crippen LogP) is 4.08. The lowest BCUT2D eigenvalue weighted by Crippen LogP contribution is -2.27. The highest BCUT2D eigenvalue weighted by Gasteiger charge is 2.18. The molecule has 3 aromatic rings. The monoisotopic (exact) mass is 400 g/mol. The van der Waals surface area contributed by atoms with Gasteiger partial charge in [0.05, 0.1) is 6.04 Å². The van der Waals surface area contributed by atoms with Gasteiger partial charge in [-0.1, -0.05) is 6.07 Å². The first-order valence-electron chi connectivity index (χ1n) is 8.61. The molecule has 0 spiro atoms. The Kier molecular flexibility index (Phi) is 5.12. The summed E-state index contributed by atoms with van der Waals surface area (Å²) in [5.74, 6) is 1.32. The summed E-state index contributed by atoms with van der Waals surface area (Å²) >= 11 is 1.33. The summed E-state index contributed by atoms with van der Waals surface area (Å²) in [6.45, 7) is 2.31. The van der Waals surface area contributed by atoms with Gasteiger partial charge < -0.3 is 19.5 Å². The minimum absolute atomic E-state index is 0.209. The maximum atomic E-state index is 12.9. The van der Waals surface area contributed by atoms with Gasteiger partial charge in [-0.2, -0.15) is 0 Å². The Morgan fingerprint density at radius 1 is 1.25 bits per heavy atom. The average Bonchev–Trinajstić information content (AvgIpc) is 3.36. The summed E-state index contributed by atoms with van der Waals surface area (Å²) < 4.78 is 29.1. The van der Waals surface area contributed by atoms with Crippen molar-refractivity contribution in [3.05, 3.63) is 69.9 Å². The minimum Gasteiger partial charge on any atom is -0.486 e. The zero-order chi connectivity index (χ0) is 19.5. The summed E-state index contributed by atoms with van der Waals surface area (Å²) in [5, 5.41) is 5.27. The summed E-state index contributed by atoms with van der Waals surface area (Å²) in [6, 6.07) is 11.1. The molecule has 0 radical (unpaired) electrons. The molecule has 1 N–H and O–H groups in total. The van der Waals surface area contributed by atoms with E-state index < -0.39 is 0 Å². The van der Waals surface area contributed by atoms with Crippen LogP contribution < -0.4 is 19.5 Å². The lowest BCUT2D eigenvalue weighted by atomic mass is 10.1. The Balaban J connectivity index is 1.35. The van der Waals surface area contributed by atoms with Crippen molar-refractivity contribution >= 4 is 17.2 Å². The van der Waals surface area contributed by atoms with E-state index in [1.54, 1.807) is 17.5 Å². The molecule has 28 heavy (non-hydrogen) atoms. The summed E-state index contributed by atoms with van der Waals surface area (Å²) in [6.07, 6.45) is 0. The molecule has 1 amide bonds. The van der Waals surface area contributed by atoms with Crippen LogP contribution in [0.5, 0.6) is 17.2 Å². The van der Waals surface area contributed by atoms with Crippen molar-refractivity contribution in [2.45, 2.75) is 19.6 Å². The highest BCUT2D eigenvalue weighted by atomic mass is 32.1. The Morgan fingerprint density at radius 3 is 2.86 bits per heavy atom. The fraction of sp³-hybridized carbons (Fsp3) is 0.200. The van der Waals surface area contributed by atoms with Crippen LogP contribution in [0.15, 0.2) is 47.8 Å². The van der Waals surface area contributed by atoms with E-state index in [1.165, 1.54) is 23.5 Å². The molecular weight excluding hydrogens is 383 g/mol. The Morgan fingerprint density at radius 2 is 2.04 bits per heavy atom. The van der Waals surface area contributed by atoms with Gasteiger partial charge in [0.2, 0.25) is 6.79 Å². The fourth-order valence-corrected chi connectivity index (χ4v) is 3.38. The first-order chi connectivity index (χ1) is 13.6. The number of halogens is 1. The van der Waals surface area contributed by atoms with E-state index >= 15 is 0 Å². The molecule has 2 heterocycles. The van der Waals surface area contributed by atoms with Crippen molar-refractivity contribution in [1.82, 2.24) is 10.3 Å². The maximum Gasteiger partial charge on any atom is 0.271 e. The third kappa shape index (κ3) is 4.07. The van der Waals surface area contributed by atoms with Crippen LogP contribution in [0.2, 0.25) is 0 Å². The number of nitrogens with one attached hydrogen (secondary N) is 1. The SMILES string of the molecule is C[C@H](NC(=O)c1csc(COc2ccc(F)cc2)n1)c1ccc2c(c1)OCO2. The topological polar surface area (TPSA) is 69.7 Å². The van der Waals surface area contributed by atoms with Gasteiger partial charge >= 0.3 is 0 Å². The number of benzene rings is 2. The number of fused-ring (bicyclic) bond motifs is 1. The zero-order valence-electron chi connectivity index (χ0n) is 15.0. The number of ether oxygens (including phenoxy) is 3. The second-order valence-corrected chi connectivity index (χ2v) is 7.12. The first kappa shape index (κ1) is 18.2. The summed E-state index contributed by atoms with van der Waals surface area (Å²) in [5.41, 5.74) is 1.24. The van der Waals surface area contributed by atoms with Crippen molar-refractivity contribution in [3.63, 3.8) is 0 Å². The summed E-state index contributed by atoms with van der Waals surface area (Å²) in [4.78, 5) is 16.8. The van der Waals surface area contributed by atoms with Crippen LogP contribution in [0.4, 0.5) is 4.39 Å². The second-order valence-electron chi connectivity index (χ2n) is 6.18. The van der Waals surface area contributed by atoms with Gasteiger partial charge in [0.15, 0.2) is 11.5 Å². The number of rotatable bonds is 6. The molecule has 6 nitrogen and oxygen atoms in total. The van der Waals surface area contributed by atoms with Crippen LogP contribution in [0.25, 0.3) is 0 Å². The van der Waals surface area contributed by atoms with Gasteiger partial charge in [0, 0.05) is 5.38 Å². The molecule has 0 bridgehead atoms. The van der Waals surface area contributed by atoms with E-state index in [2.05, 4.69) is 10.3 Å². The van der Waals surface area contributed by atoms with Gasteiger partial charge in [-0.15, -0.1) is 11.3 Å². The smallest absolute Gasteiger partial charge is 0.271 e. The molecule has 2 aromatic carbocycles.